The van der Waals surface area contributed by atoms with Crippen molar-refractivity contribution in [3.05, 3.63) is 72.8 Å². The van der Waals surface area contributed by atoms with E-state index in [0.29, 0.717) is 6.54 Å². The topological polar surface area (TPSA) is 23.5 Å². The van der Waals surface area contributed by atoms with Gasteiger partial charge in [0, 0.05) is 19.6 Å². The minimum atomic E-state index is 0.177. The van der Waals surface area contributed by atoms with Crippen LogP contribution in [-0.4, -0.2) is 29.7 Å². The lowest BCUT2D eigenvalue weighted by molar-refractivity contribution is 0.203. The van der Waals surface area contributed by atoms with Gasteiger partial charge in [0.05, 0.1) is 6.61 Å². The molecule has 0 saturated carbocycles. The third-order valence-corrected chi connectivity index (χ3v) is 3.27. The fourth-order valence-electron chi connectivity index (χ4n) is 2.25. The van der Waals surface area contributed by atoms with Crippen LogP contribution in [0, 0.1) is 0 Å². The van der Waals surface area contributed by atoms with Crippen LogP contribution in [0.1, 0.15) is 5.56 Å². The van der Waals surface area contributed by atoms with Gasteiger partial charge in [-0.2, -0.15) is 0 Å². The maximum atomic E-state index is 9.06. The molecule has 2 nitrogen and oxygen atoms in total. The molecule has 2 aromatic carbocycles. The molecule has 0 aliphatic carbocycles. The van der Waals surface area contributed by atoms with Crippen LogP contribution in [0.5, 0.6) is 0 Å². The Labute approximate surface area is 121 Å². The molecule has 2 aromatic rings. The highest BCUT2D eigenvalue weighted by atomic mass is 16.3. The summed E-state index contributed by atoms with van der Waals surface area (Å²) in [6, 6.07) is 19.0. The lowest BCUT2D eigenvalue weighted by atomic mass is 10.0. The van der Waals surface area contributed by atoms with Crippen molar-refractivity contribution < 1.29 is 5.11 Å². The van der Waals surface area contributed by atoms with Crippen molar-refractivity contribution in [1.29, 1.82) is 0 Å². The summed E-state index contributed by atoms with van der Waals surface area (Å²) in [5.41, 5.74) is 3.71. The van der Waals surface area contributed by atoms with Crippen LogP contribution in [0.3, 0.4) is 0 Å². The van der Waals surface area contributed by atoms with E-state index in [-0.39, 0.29) is 6.61 Å². The minimum absolute atomic E-state index is 0.177. The van der Waals surface area contributed by atoms with Crippen LogP contribution in [0.25, 0.3) is 11.1 Å². The molecular weight excluding hydrogens is 246 g/mol. The molecule has 0 saturated heterocycles. The van der Waals surface area contributed by atoms with Crippen molar-refractivity contribution in [2.24, 2.45) is 0 Å². The van der Waals surface area contributed by atoms with Gasteiger partial charge in [-0.15, -0.1) is 6.58 Å². The summed E-state index contributed by atoms with van der Waals surface area (Å²) in [7, 11) is 0. The lowest BCUT2D eigenvalue weighted by Gasteiger charge is -2.19. The number of benzene rings is 2. The second kappa shape index (κ2) is 7.63. The molecule has 2 rings (SSSR count). The Balaban J connectivity index is 2.06. The Bertz CT molecular complexity index is 519. The van der Waals surface area contributed by atoms with Crippen molar-refractivity contribution in [1.82, 2.24) is 4.90 Å². The number of hydrogen-bond donors (Lipinski definition) is 1. The second-order valence-corrected chi connectivity index (χ2v) is 4.81. The zero-order valence-corrected chi connectivity index (χ0v) is 11.7. The van der Waals surface area contributed by atoms with E-state index in [1.165, 1.54) is 16.7 Å². The highest BCUT2D eigenvalue weighted by Gasteiger charge is 2.04. The van der Waals surface area contributed by atoms with Gasteiger partial charge in [-0.1, -0.05) is 60.7 Å². The molecule has 0 bridgehead atoms. The minimum Gasteiger partial charge on any atom is -0.395 e. The normalized spacial score (nSPS) is 10.7. The van der Waals surface area contributed by atoms with Crippen LogP contribution in [0.15, 0.2) is 67.3 Å². The van der Waals surface area contributed by atoms with Gasteiger partial charge >= 0.3 is 0 Å². The summed E-state index contributed by atoms with van der Waals surface area (Å²) in [5.74, 6) is 0. The number of hydrogen-bond acceptors (Lipinski definition) is 2. The lowest BCUT2D eigenvalue weighted by Crippen LogP contribution is -2.26. The Hall–Kier alpha value is -1.90. The summed E-state index contributed by atoms with van der Waals surface area (Å²) in [5, 5.41) is 9.06. The van der Waals surface area contributed by atoms with Crippen LogP contribution in [-0.2, 0) is 6.54 Å². The molecule has 0 aliphatic heterocycles. The Kier molecular flexibility index (Phi) is 5.54. The molecule has 0 amide bonds. The average Bonchev–Trinajstić information content (AvgIpc) is 2.49. The van der Waals surface area contributed by atoms with E-state index in [0.717, 1.165) is 13.1 Å². The predicted molar refractivity (Wildman–Crippen MR) is 84.4 cm³/mol. The molecule has 104 valence electrons. The largest absolute Gasteiger partial charge is 0.395 e. The molecule has 0 spiro atoms. The Morgan fingerprint density at radius 3 is 2.20 bits per heavy atom. The first-order valence-electron chi connectivity index (χ1n) is 6.92. The average molecular weight is 267 g/mol. The predicted octanol–water partition coefficient (Wildman–Crippen LogP) is 3.33. The van der Waals surface area contributed by atoms with Crippen LogP contribution in [0.2, 0.25) is 0 Å². The molecule has 0 aromatic heterocycles. The fourth-order valence-corrected chi connectivity index (χ4v) is 2.25. The summed E-state index contributed by atoms with van der Waals surface area (Å²) in [4.78, 5) is 2.17. The molecule has 0 aliphatic rings. The van der Waals surface area contributed by atoms with Gasteiger partial charge in [-0.3, -0.25) is 4.90 Å². The van der Waals surface area contributed by atoms with Gasteiger partial charge in [-0.25, -0.2) is 0 Å². The first-order chi connectivity index (χ1) is 9.83. The van der Waals surface area contributed by atoms with Crippen LogP contribution < -0.4 is 0 Å². The quantitative estimate of drug-likeness (QED) is 0.778. The van der Waals surface area contributed by atoms with Crippen molar-refractivity contribution in [3.63, 3.8) is 0 Å². The molecule has 2 heteroatoms. The zero-order chi connectivity index (χ0) is 14.2. The van der Waals surface area contributed by atoms with Crippen molar-refractivity contribution >= 4 is 0 Å². The van der Waals surface area contributed by atoms with Gasteiger partial charge in [0.1, 0.15) is 0 Å². The molecule has 20 heavy (non-hydrogen) atoms. The van der Waals surface area contributed by atoms with Crippen molar-refractivity contribution in [3.8, 4) is 11.1 Å². The first kappa shape index (κ1) is 14.5. The van der Waals surface area contributed by atoms with E-state index >= 15 is 0 Å². The molecule has 0 heterocycles. The molecule has 1 N–H and O–H groups in total. The fraction of sp³-hybridized carbons (Fsp3) is 0.222. The van der Waals surface area contributed by atoms with E-state index in [2.05, 4.69) is 60.0 Å². The summed E-state index contributed by atoms with van der Waals surface area (Å²) >= 11 is 0. The van der Waals surface area contributed by atoms with E-state index in [1.54, 1.807) is 0 Å². The molecule has 0 atom stereocenters. The van der Waals surface area contributed by atoms with Gasteiger partial charge in [0.15, 0.2) is 0 Å². The van der Waals surface area contributed by atoms with E-state index in [4.69, 9.17) is 5.11 Å². The zero-order valence-electron chi connectivity index (χ0n) is 11.7. The number of rotatable bonds is 7. The highest BCUT2D eigenvalue weighted by Crippen LogP contribution is 2.19. The van der Waals surface area contributed by atoms with Gasteiger partial charge in [0.2, 0.25) is 0 Å². The Morgan fingerprint density at radius 1 is 0.950 bits per heavy atom. The Morgan fingerprint density at radius 2 is 1.60 bits per heavy atom. The summed E-state index contributed by atoms with van der Waals surface area (Å²) < 4.78 is 0. The van der Waals surface area contributed by atoms with Crippen LogP contribution >= 0.6 is 0 Å². The van der Waals surface area contributed by atoms with Gasteiger partial charge in [-0.05, 0) is 16.7 Å². The maximum absolute atomic E-state index is 9.06. The second-order valence-electron chi connectivity index (χ2n) is 4.81. The third-order valence-electron chi connectivity index (χ3n) is 3.27. The summed E-state index contributed by atoms with van der Waals surface area (Å²) in [6.07, 6.45) is 1.87. The highest BCUT2D eigenvalue weighted by molar-refractivity contribution is 5.63. The van der Waals surface area contributed by atoms with Crippen LogP contribution in [0.4, 0.5) is 0 Å². The third kappa shape index (κ3) is 4.05. The molecular formula is C18H21NO. The maximum Gasteiger partial charge on any atom is 0.0558 e. The monoisotopic (exact) mass is 267 g/mol. The van der Waals surface area contributed by atoms with E-state index in [9.17, 15) is 0 Å². The number of nitrogens with zero attached hydrogens (tertiary/aromatic N) is 1. The standard InChI is InChI=1S/C18H21NO/c1-2-12-19(13-14-20)15-16-8-10-18(11-9-16)17-6-4-3-5-7-17/h2-11,20H,1,12-15H2. The van der Waals surface area contributed by atoms with E-state index in [1.807, 2.05) is 12.1 Å². The van der Waals surface area contributed by atoms with Gasteiger partial charge in [0.25, 0.3) is 0 Å². The SMILES string of the molecule is C=CCN(CCO)Cc1ccc(-c2ccccc2)cc1. The van der Waals surface area contributed by atoms with E-state index < -0.39 is 0 Å². The number of aliphatic hydroxyl groups excluding tert-OH is 1. The summed E-state index contributed by atoms with van der Waals surface area (Å²) in [6.45, 7) is 6.23. The molecule has 0 radical (unpaired) electrons. The molecule has 0 unspecified atom stereocenters. The van der Waals surface area contributed by atoms with Crippen molar-refractivity contribution in [2.45, 2.75) is 6.54 Å². The smallest absolute Gasteiger partial charge is 0.0558 e. The number of aliphatic hydroxyl groups is 1. The molecule has 0 fully saturated rings. The first-order valence-corrected chi connectivity index (χ1v) is 6.92. The van der Waals surface area contributed by atoms with Gasteiger partial charge < -0.3 is 5.11 Å². The van der Waals surface area contributed by atoms with Crippen molar-refractivity contribution in [2.75, 3.05) is 19.7 Å².